The average molecular weight is 531 g/mol. The van der Waals surface area contributed by atoms with Gasteiger partial charge in [-0.15, -0.1) is 0 Å². The van der Waals surface area contributed by atoms with Crippen LogP contribution in [0.1, 0.15) is 22.3 Å². The summed E-state index contributed by atoms with van der Waals surface area (Å²) >= 11 is 9.03. The minimum Gasteiger partial charge on any atom is -0.359 e. The Morgan fingerprint density at radius 3 is 2.58 bits per heavy atom. The van der Waals surface area contributed by atoms with Crippen LogP contribution in [0.4, 0.5) is 4.39 Å². The number of nitrogens with one attached hydrogen (secondary N) is 3. The third-order valence-electron chi connectivity index (χ3n) is 4.42. The normalized spacial score (nSPS) is 11.6. The molecule has 7 nitrogen and oxygen atoms in total. The Balaban J connectivity index is 1.93. The summed E-state index contributed by atoms with van der Waals surface area (Å²) in [5, 5.41) is 3.51. The Bertz CT molecular complexity index is 1280. The highest BCUT2D eigenvalue weighted by molar-refractivity contribution is 9.09. The van der Waals surface area contributed by atoms with Crippen molar-refractivity contribution < 1.29 is 17.6 Å². The highest BCUT2D eigenvalue weighted by Gasteiger charge is 2.22. The molecule has 31 heavy (non-hydrogen) atoms. The van der Waals surface area contributed by atoms with Crippen molar-refractivity contribution in [3.63, 3.8) is 0 Å². The van der Waals surface area contributed by atoms with Gasteiger partial charge in [-0.3, -0.25) is 9.59 Å². The van der Waals surface area contributed by atoms with E-state index >= 15 is 0 Å². The number of benzene rings is 2. The number of H-pyrrole nitrogens is 1. The molecule has 0 aliphatic heterocycles. The number of hydrogen-bond donors (Lipinski definition) is 3. The van der Waals surface area contributed by atoms with E-state index in [2.05, 4.69) is 31.0 Å². The summed E-state index contributed by atoms with van der Waals surface area (Å²) in [6.07, 6.45) is 1.65. The third kappa shape index (κ3) is 5.51. The summed E-state index contributed by atoms with van der Waals surface area (Å²) in [5.74, 6) is -1.58. The van der Waals surface area contributed by atoms with Gasteiger partial charge >= 0.3 is 0 Å². The Morgan fingerprint density at radius 1 is 1.19 bits per heavy atom. The molecule has 3 N–H and O–H groups in total. The van der Waals surface area contributed by atoms with E-state index in [0.717, 1.165) is 23.9 Å². The number of amides is 1. The van der Waals surface area contributed by atoms with Crippen LogP contribution in [-0.2, 0) is 16.6 Å². The second-order valence-electron chi connectivity index (χ2n) is 6.61. The Hall–Kier alpha value is -2.27. The fraction of sp³-hybridized carbons (Fsp3) is 0.200. The maximum Gasteiger partial charge on any atom is 0.257 e. The fourth-order valence-electron chi connectivity index (χ4n) is 2.88. The van der Waals surface area contributed by atoms with Crippen molar-refractivity contribution in [1.82, 2.24) is 15.0 Å². The first kappa shape index (κ1) is 23.4. The fourth-order valence-corrected chi connectivity index (χ4v) is 4.56. The number of carbonyl (C=O) groups is 1. The molecular formula is C20H18BrClFN3O4S. The first-order chi connectivity index (χ1) is 14.7. The third-order valence-corrected chi connectivity index (χ3v) is 6.72. The van der Waals surface area contributed by atoms with Crippen LogP contribution in [0.5, 0.6) is 0 Å². The number of hydrogen-bond acceptors (Lipinski definition) is 4. The first-order valence-corrected chi connectivity index (χ1v) is 12.1. The highest BCUT2D eigenvalue weighted by Crippen LogP contribution is 2.21. The van der Waals surface area contributed by atoms with E-state index in [9.17, 15) is 22.4 Å². The van der Waals surface area contributed by atoms with Crippen molar-refractivity contribution in [3.05, 3.63) is 74.8 Å². The number of pyridine rings is 1. The molecule has 3 rings (SSSR count). The summed E-state index contributed by atoms with van der Waals surface area (Å²) in [6, 6.07) is 8.52. The summed E-state index contributed by atoms with van der Waals surface area (Å²) < 4.78 is 41.7. The Kier molecular flexibility index (Phi) is 7.47. The molecule has 0 atom stereocenters. The SMILES string of the molecule is O=C(NCc1ccc(Cl)cc1)c1c[nH]c2c(S(=O)(=O)NCCCBr)cc(F)cc2c1=O. The van der Waals surface area contributed by atoms with Gasteiger partial charge in [0.25, 0.3) is 5.91 Å². The summed E-state index contributed by atoms with van der Waals surface area (Å²) in [6.45, 7) is 0.286. The number of carbonyl (C=O) groups excluding carboxylic acids is 1. The van der Waals surface area contributed by atoms with Gasteiger partial charge < -0.3 is 10.3 Å². The predicted molar refractivity (Wildman–Crippen MR) is 121 cm³/mol. The maximum atomic E-state index is 14.2. The number of halogens is 3. The van der Waals surface area contributed by atoms with E-state index in [4.69, 9.17) is 11.6 Å². The van der Waals surface area contributed by atoms with Gasteiger partial charge in [0.1, 0.15) is 16.3 Å². The van der Waals surface area contributed by atoms with Crippen molar-refractivity contribution in [1.29, 1.82) is 0 Å². The average Bonchev–Trinajstić information content (AvgIpc) is 2.73. The standard InChI is InChI=1S/C20H18BrClFN3O4S/c21-6-1-7-26-31(29,30)17-9-14(23)8-15-18(17)24-11-16(19(15)27)20(28)25-10-12-2-4-13(22)5-3-12/h2-5,8-9,11,26H,1,6-7,10H2,(H,24,27)(H,25,28). The predicted octanol–water partition coefficient (Wildman–Crippen LogP) is 3.31. The van der Waals surface area contributed by atoms with Crippen molar-refractivity contribution in [2.75, 3.05) is 11.9 Å². The zero-order chi connectivity index (χ0) is 22.6. The molecule has 0 radical (unpaired) electrons. The van der Waals surface area contributed by atoms with Crippen LogP contribution < -0.4 is 15.5 Å². The molecule has 11 heteroatoms. The van der Waals surface area contributed by atoms with Crippen molar-refractivity contribution in [2.45, 2.75) is 17.9 Å². The summed E-state index contributed by atoms with van der Waals surface area (Å²) in [4.78, 5) is 27.6. The lowest BCUT2D eigenvalue weighted by atomic mass is 10.1. The minimum atomic E-state index is -4.07. The Labute approximate surface area is 191 Å². The van der Waals surface area contributed by atoms with Gasteiger partial charge in [-0.1, -0.05) is 39.7 Å². The maximum absolute atomic E-state index is 14.2. The van der Waals surface area contributed by atoms with Gasteiger partial charge in [-0.2, -0.15) is 0 Å². The number of aromatic nitrogens is 1. The topological polar surface area (TPSA) is 108 Å². The molecule has 1 heterocycles. The van der Waals surface area contributed by atoms with E-state index < -0.39 is 32.1 Å². The molecule has 1 aromatic heterocycles. The number of sulfonamides is 1. The molecule has 3 aromatic rings. The van der Waals surface area contributed by atoms with Crippen LogP contribution in [0, 0.1) is 5.82 Å². The molecule has 0 saturated carbocycles. The van der Waals surface area contributed by atoms with E-state index in [-0.39, 0.29) is 29.6 Å². The molecule has 164 valence electrons. The molecule has 0 unspecified atom stereocenters. The number of rotatable bonds is 8. The van der Waals surface area contributed by atoms with E-state index in [1.54, 1.807) is 24.3 Å². The molecule has 0 saturated heterocycles. The lowest BCUT2D eigenvalue weighted by Gasteiger charge is -2.11. The van der Waals surface area contributed by atoms with Crippen LogP contribution >= 0.6 is 27.5 Å². The highest BCUT2D eigenvalue weighted by atomic mass is 79.9. The molecule has 0 bridgehead atoms. The quantitative estimate of drug-likeness (QED) is 0.307. The molecule has 0 aliphatic carbocycles. The van der Waals surface area contributed by atoms with Crippen LogP contribution in [-0.4, -0.2) is 31.2 Å². The summed E-state index contributed by atoms with van der Waals surface area (Å²) in [7, 11) is -4.07. The van der Waals surface area contributed by atoms with Gasteiger partial charge in [-0.05, 0) is 36.2 Å². The molecule has 0 aliphatic rings. The van der Waals surface area contributed by atoms with Crippen LogP contribution in [0.2, 0.25) is 5.02 Å². The van der Waals surface area contributed by atoms with Crippen molar-refractivity contribution >= 4 is 54.4 Å². The summed E-state index contributed by atoms with van der Waals surface area (Å²) in [5.41, 5.74) is -0.350. The number of fused-ring (bicyclic) bond motifs is 1. The monoisotopic (exact) mass is 529 g/mol. The number of aromatic amines is 1. The van der Waals surface area contributed by atoms with E-state index in [1.807, 2.05) is 0 Å². The van der Waals surface area contributed by atoms with Gasteiger partial charge in [-0.25, -0.2) is 17.5 Å². The van der Waals surface area contributed by atoms with Gasteiger partial charge in [0.15, 0.2) is 0 Å². The first-order valence-electron chi connectivity index (χ1n) is 9.16. The van der Waals surface area contributed by atoms with Gasteiger partial charge in [0, 0.05) is 29.6 Å². The zero-order valence-electron chi connectivity index (χ0n) is 16.0. The zero-order valence-corrected chi connectivity index (χ0v) is 19.2. The lowest BCUT2D eigenvalue weighted by molar-refractivity contribution is 0.0949. The molecule has 1 amide bonds. The van der Waals surface area contributed by atoms with Crippen molar-refractivity contribution in [3.8, 4) is 0 Å². The second-order valence-corrected chi connectivity index (χ2v) is 9.57. The van der Waals surface area contributed by atoms with Crippen LogP contribution in [0.3, 0.4) is 0 Å². The van der Waals surface area contributed by atoms with Gasteiger partial charge in [0.2, 0.25) is 15.5 Å². The largest absolute Gasteiger partial charge is 0.359 e. The Morgan fingerprint density at radius 2 is 1.90 bits per heavy atom. The van der Waals surface area contributed by atoms with Gasteiger partial charge in [0.05, 0.1) is 10.9 Å². The number of alkyl halides is 1. The second kappa shape index (κ2) is 9.90. The van der Waals surface area contributed by atoms with Crippen LogP contribution in [0.25, 0.3) is 10.9 Å². The molecule has 0 spiro atoms. The molecule has 0 fully saturated rings. The van der Waals surface area contributed by atoms with Crippen LogP contribution in [0.15, 0.2) is 52.3 Å². The molecule has 2 aromatic carbocycles. The van der Waals surface area contributed by atoms with E-state index in [1.165, 1.54) is 0 Å². The smallest absolute Gasteiger partial charge is 0.257 e. The van der Waals surface area contributed by atoms with Crippen molar-refractivity contribution in [2.24, 2.45) is 0 Å². The minimum absolute atomic E-state index is 0.0769. The van der Waals surface area contributed by atoms with E-state index in [0.29, 0.717) is 16.8 Å². The lowest BCUT2D eigenvalue weighted by Crippen LogP contribution is -2.29. The molecular weight excluding hydrogens is 513 g/mol.